The Morgan fingerprint density at radius 3 is 2.83 bits per heavy atom. The Hall–Kier alpha value is -2.62. The molecule has 1 N–H and O–H groups in total. The van der Waals surface area contributed by atoms with Gasteiger partial charge in [-0.05, 0) is 42.2 Å². The summed E-state index contributed by atoms with van der Waals surface area (Å²) in [6, 6.07) is 12.4. The van der Waals surface area contributed by atoms with Crippen LogP contribution in [0, 0.1) is 11.7 Å². The first-order valence-electron chi connectivity index (χ1n) is 8.09. The van der Waals surface area contributed by atoms with Crippen LogP contribution in [0.2, 0.25) is 0 Å². The van der Waals surface area contributed by atoms with Gasteiger partial charge >= 0.3 is 5.97 Å². The summed E-state index contributed by atoms with van der Waals surface area (Å²) in [5.74, 6) is -0.111. The number of fused-ring (bicyclic) bond motifs is 3. The Balaban J connectivity index is 1.78. The van der Waals surface area contributed by atoms with Crippen LogP contribution in [-0.4, -0.2) is 13.1 Å². The molecule has 24 heavy (non-hydrogen) atoms. The number of halogens is 1. The Labute approximate surface area is 140 Å². The molecule has 0 aromatic heterocycles. The van der Waals surface area contributed by atoms with Gasteiger partial charge in [-0.3, -0.25) is 0 Å². The second kappa shape index (κ2) is 5.78. The molecule has 0 radical (unpaired) electrons. The molecule has 0 amide bonds. The molecule has 3 atom stereocenters. The Morgan fingerprint density at radius 2 is 2.04 bits per heavy atom. The van der Waals surface area contributed by atoms with Crippen LogP contribution in [0.1, 0.15) is 39.9 Å². The van der Waals surface area contributed by atoms with Gasteiger partial charge in [0, 0.05) is 17.2 Å². The molecule has 3 nitrogen and oxygen atoms in total. The second-order valence-electron chi connectivity index (χ2n) is 6.29. The van der Waals surface area contributed by atoms with Crippen molar-refractivity contribution < 1.29 is 13.9 Å². The maximum Gasteiger partial charge on any atom is 0.337 e. The van der Waals surface area contributed by atoms with E-state index in [0.29, 0.717) is 11.1 Å². The van der Waals surface area contributed by atoms with Crippen LogP contribution in [0.5, 0.6) is 0 Å². The lowest BCUT2D eigenvalue weighted by Gasteiger charge is -2.37. The highest BCUT2D eigenvalue weighted by atomic mass is 19.1. The highest BCUT2D eigenvalue weighted by molar-refractivity contribution is 5.90. The van der Waals surface area contributed by atoms with Crippen LogP contribution in [0.25, 0.3) is 0 Å². The van der Waals surface area contributed by atoms with Gasteiger partial charge in [-0.1, -0.05) is 30.4 Å². The van der Waals surface area contributed by atoms with Gasteiger partial charge in [0.25, 0.3) is 0 Å². The largest absolute Gasteiger partial charge is 0.465 e. The zero-order valence-electron chi connectivity index (χ0n) is 13.3. The standard InChI is InChI=1S/C20H18FNO2/c1-24-20(23)12-9-10-18-16(11-12)13-6-4-7-14(13)19(22-18)15-5-2-3-8-17(15)21/h2-6,8-11,13-14,19,22H,7H2,1H3/t13-,14-,19+/m1/s1. The topological polar surface area (TPSA) is 38.3 Å². The summed E-state index contributed by atoms with van der Waals surface area (Å²) in [5, 5.41) is 3.48. The van der Waals surface area contributed by atoms with Crippen LogP contribution in [0.3, 0.4) is 0 Å². The van der Waals surface area contributed by atoms with Crippen LogP contribution in [0.4, 0.5) is 10.1 Å². The van der Waals surface area contributed by atoms with E-state index in [1.165, 1.54) is 13.2 Å². The maximum absolute atomic E-state index is 14.3. The zero-order valence-corrected chi connectivity index (χ0v) is 13.3. The first-order chi connectivity index (χ1) is 11.7. The van der Waals surface area contributed by atoms with Crippen molar-refractivity contribution in [1.29, 1.82) is 0 Å². The molecule has 122 valence electrons. The van der Waals surface area contributed by atoms with E-state index in [1.54, 1.807) is 12.1 Å². The second-order valence-corrected chi connectivity index (χ2v) is 6.29. The summed E-state index contributed by atoms with van der Waals surface area (Å²) in [4.78, 5) is 11.8. The molecular formula is C20H18FNO2. The molecule has 2 aromatic carbocycles. The fourth-order valence-electron chi connectivity index (χ4n) is 3.87. The lowest BCUT2D eigenvalue weighted by Crippen LogP contribution is -2.30. The lowest BCUT2D eigenvalue weighted by atomic mass is 9.76. The molecule has 2 aliphatic rings. The van der Waals surface area contributed by atoms with E-state index in [9.17, 15) is 9.18 Å². The average Bonchev–Trinajstić information content (AvgIpc) is 3.10. The predicted octanol–water partition coefficient (Wildman–Crippen LogP) is 4.44. The molecule has 1 aliphatic heterocycles. The molecule has 0 unspecified atom stereocenters. The minimum Gasteiger partial charge on any atom is -0.465 e. The van der Waals surface area contributed by atoms with Crippen LogP contribution >= 0.6 is 0 Å². The van der Waals surface area contributed by atoms with Crippen molar-refractivity contribution in [3.8, 4) is 0 Å². The van der Waals surface area contributed by atoms with Crippen molar-refractivity contribution in [2.75, 3.05) is 12.4 Å². The van der Waals surface area contributed by atoms with Gasteiger partial charge in [0.2, 0.25) is 0 Å². The van der Waals surface area contributed by atoms with E-state index in [-0.39, 0.29) is 29.7 Å². The Kier molecular flexibility index (Phi) is 3.60. The third-order valence-electron chi connectivity index (χ3n) is 5.02. The number of hydrogen-bond acceptors (Lipinski definition) is 3. The molecule has 2 aromatic rings. The molecule has 1 aliphatic carbocycles. The summed E-state index contributed by atoms with van der Waals surface area (Å²) in [6.45, 7) is 0. The van der Waals surface area contributed by atoms with E-state index in [0.717, 1.165) is 17.7 Å². The van der Waals surface area contributed by atoms with E-state index in [1.807, 2.05) is 24.3 Å². The molecule has 1 heterocycles. The number of methoxy groups -OCH3 is 1. The van der Waals surface area contributed by atoms with Crippen LogP contribution in [0.15, 0.2) is 54.6 Å². The number of carbonyl (C=O) groups excluding carboxylic acids is 1. The van der Waals surface area contributed by atoms with Gasteiger partial charge in [0.1, 0.15) is 5.82 Å². The van der Waals surface area contributed by atoms with E-state index >= 15 is 0 Å². The third kappa shape index (κ3) is 2.30. The number of benzene rings is 2. The molecule has 0 saturated heterocycles. The summed E-state index contributed by atoms with van der Waals surface area (Å²) >= 11 is 0. The number of nitrogens with one attached hydrogen (secondary N) is 1. The van der Waals surface area contributed by atoms with Crippen molar-refractivity contribution in [2.24, 2.45) is 5.92 Å². The van der Waals surface area contributed by atoms with Gasteiger partial charge in [0.05, 0.1) is 18.7 Å². The fraction of sp³-hybridized carbons (Fsp3) is 0.250. The summed E-state index contributed by atoms with van der Waals surface area (Å²) in [6.07, 6.45) is 5.20. The SMILES string of the molecule is COC(=O)c1ccc2c(c1)[C@@H]1C=CC[C@H]1[C@@H](c1ccccc1F)N2. The van der Waals surface area contributed by atoms with Crippen molar-refractivity contribution in [3.05, 3.63) is 77.1 Å². The molecular weight excluding hydrogens is 305 g/mol. The van der Waals surface area contributed by atoms with Crippen LogP contribution < -0.4 is 5.32 Å². The number of carbonyl (C=O) groups is 1. The predicted molar refractivity (Wildman–Crippen MR) is 90.5 cm³/mol. The quantitative estimate of drug-likeness (QED) is 0.656. The van der Waals surface area contributed by atoms with E-state index in [2.05, 4.69) is 17.5 Å². The molecule has 0 bridgehead atoms. The number of esters is 1. The van der Waals surface area contributed by atoms with Gasteiger partial charge in [0.15, 0.2) is 0 Å². The molecule has 0 spiro atoms. The van der Waals surface area contributed by atoms with Gasteiger partial charge < -0.3 is 10.1 Å². The van der Waals surface area contributed by atoms with Gasteiger partial charge in [-0.25, -0.2) is 9.18 Å². The van der Waals surface area contributed by atoms with Crippen molar-refractivity contribution in [1.82, 2.24) is 0 Å². The summed E-state index contributed by atoms with van der Waals surface area (Å²) in [5.41, 5.74) is 3.26. The first kappa shape index (κ1) is 14.9. The van der Waals surface area contributed by atoms with E-state index < -0.39 is 0 Å². The third-order valence-corrected chi connectivity index (χ3v) is 5.02. The highest BCUT2D eigenvalue weighted by Gasteiger charge is 2.39. The summed E-state index contributed by atoms with van der Waals surface area (Å²) in [7, 11) is 1.38. The average molecular weight is 323 g/mol. The first-order valence-corrected chi connectivity index (χ1v) is 8.09. The molecule has 4 heteroatoms. The number of allylic oxidation sites excluding steroid dienone is 2. The lowest BCUT2D eigenvalue weighted by molar-refractivity contribution is 0.0600. The molecule has 0 fully saturated rings. The smallest absolute Gasteiger partial charge is 0.337 e. The summed E-state index contributed by atoms with van der Waals surface area (Å²) < 4.78 is 19.1. The monoisotopic (exact) mass is 323 g/mol. The zero-order chi connectivity index (χ0) is 16.7. The highest BCUT2D eigenvalue weighted by Crippen LogP contribution is 2.50. The minimum atomic E-state index is -0.340. The molecule has 0 saturated carbocycles. The number of rotatable bonds is 2. The number of hydrogen-bond donors (Lipinski definition) is 1. The van der Waals surface area contributed by atoms with Gasteiger partial charge in [-0.2, -0.15) is 0 Å². The molecule has 4 rings (SSSR count). The van der Waals surface area contributed by atoms with Crippen molar-refractivity contribution >= 4 is 11.7 Å². The fourth-order valence-corrected chi connectivity index (χ4v) is 3.87. The number of anilines is 1. The maximum atomic E-state index is 14.3. The number of ether oxygens (including phenoxy) is 1. The van der Waals surface area contributed by atoms with Crippen LogP contribution in [-0.2, 0) is 4.74 Å². The minimum absolute atomic E-state index is 0.0809. The normalized spacial score (nSPS) is 24.0. The van der Waals surface area contributed by atoms with Crippen molar-refractivity contribution in [3.63, 3.8) is 0 Å². The van der Waals surface area contributed by atoms with Gasteiger partial charge in [-0.15, -0.1) is 0 Å². The van der Waals surface area contributed by atoms with E-state index in [4.69, 9.17) is 4.74 Å². The Morgan fingerprint density at radius 1 is 1.21 bits per heavy atom. The Bertz CT molecular complexity index is 830. The van der Waals surface area contributed by atoms with Crippen molar-refractivity contribution in [2.45, 2.75) is 18.4 Å².